The first-order chi connectivity index (χ1) is 7.69. The Bertz CT molecular complexity index is 215. The van der Waals surface area contributed by atoms with E-state index in [1.54, 1.807) is 0 Å². The van der Waals surface area contributed by atoms with Crippen LogP contribution < -0.4 is 5.32 Å². The summed E-state index contributed by atoms with van der Waals surface area (Å²) in [5.74, 6) is 0.236. The van der Waals surface area contributed by atoms with E-state index >= 15 is 0 Å². The minimum absolute atomic E-state index is 0.194. The molecule has 0 aromatic rings. The lowest BCUT2D eigenvalue weighted by Crippen LogP contribution is -2.46. The van der Waals surface area contributed by atoms with Gasteiger partial charge < -0.3 is 15.0 Å². The lowest BCUT2D eigenvalue weighted by Gasteiger charge is -2.30. The number of amides is 1. The Balaban J connectivity index is 2.41. The Morgan fingerprint density at radius 3 is 2.81 bits per heavy atom. The molecule has 1 heterocycles. The molecule has 0 radical (unpaired) electrons. The van der Waals surface area contributed by atoms with Gasteiger partial charge in [-0.2, -0.15) is 0 Å². The van der Waals surface area contributed by atoms with Gasteiger partial charge in [0.25, 0.3) is 0 Å². The minimum Gasteiger partial charge on any atom is -0.378 e. The van der Waals surface area contributed by atoms with Crippen molar-refractivity contribution in [3.63, 3.8) is 0 Å². The zero-order valence-electron chi connectivity index (χ0n) is 10.7. The molecule has 0 saturated carbocycles. The molecule has 0 bridgehead atoms. The maximum Gasteiger partial charge on any atom is 0.224 e. The van der Waals surface area contributed by atoms with Crippen LogP contribution in [0.5, 0.6) is 0 Å². The molecular formula is C12H24N2O2. The standard InChI is InChI=1S/C12H24N2O2/c1-4-10(3)14(5-2)12(15)8-11-9-16-7-6-13-11/h10-11,13H,4-9H2,1-3H3. The average Bonchev–Trinajstić information content (AvgIpc) is 2.31. The summed E-state index contributed by atoms with van der Waals surface area (Å²) in [4.78, 5) is 14.0. The summed E-state index contributed by atoms with van der Waals surface area (Å²) < 4.78 is 5.35. The highest BCUT2D eigenvalue weighted by Crippen LogP contribution is 2.08. The molecule has 4 heteroatoms. The first kappa shape index (κ1) is 13.5. The van der Waals surface area contributed by atoms with Crippen LogP contribution >= 0.6 is 0 Å². The van der Waals surface area contributed by atoms with Crippen molar-refractivity contribution in [1.82, 2.24) is 10.2 Å². The van der Waals surface area contributed by atoms with Gasteiger partial charge in [-0.1, -0.05) is 6.92 Å². The lowest BCUT2D eigenvalue weighted by atomic mass is 10.1. The van der Waals surface area contributed by atoms with Crippen molar-refractivity contribution < 1.29 is 9.53 Å². The third-order valence-electron chi connectivity index (χ3n) is 3.20. The second-order valence-corrected chi connectivity index (χ2v) is 4.37. The predicted octanol–water partition coefficient (Wildman–Crippen LogP) is 1.01. The highest BCUT2D eigenvalue weighted by Gasteiger charge is 2.22. The second kappa shape index (κ2) is 6.86. The van der Waals surface area contributed by atoms with E-state index < -0.39 is 0 Å². The van der Waals surface area contributed by atoms with Crippen LogP contribution in [0, 0.1) is 0 Å². The van der Waals surface area contributed by atoms with Gasteiger partial charge in [0.2, 0.25) is 5.91 Å². The van der Waals surface area contributed by atoms with Crippen LogP contribution in [0.1, 0.15) is 33.6 Å². The Kier molecular flexibility index (Phi) is 5.77. The quantitative estimate of drug-likeness (QED) is 0.763. The molecule has 0 spiro atoms. The summed E-state index contributed by atoms with van der Waals surface area (Å²) >= 11 is 0. The van der Waals surface area contributed by atoms with Crippen LogP contribution in [-0.4, -0.2) is 49.2 Å². The van der Waals surface area contributed by atoms with Crippen molar-refractivity contribution >= 4 is 5.91 Å². The largest absolute Gasteiger partial charge is 0.378 e. The van der Waals surface area contributed by atoms with Crippen LogP contribution in [0.4, 0.5) is 0 Å². The SMILES string of the molecule is CCC(C)N(CC)C(=O)CC1COCCN1. The van der Waals surface area contributed by atoms with E-state index in [0.29, 0.717) is 19.1 Å². The van der Waals surface area contributed by atoms with Crippen molar-refractivity contribution in [2.75, 3.05) is 26.3 Å². The zero-order chi connectivity index (χ0) is 12.0. The predicted molar refractivity (Wildman–Crippen MR) is 64.4 cm³/mol. The summed E-state index contributed by atoms with van der Waals surface area (Å²) in [6, 6.07) is 0.529. The first-order valence-corrected chi connectivity index (χ1v) is 6.29. The molecule has 94 valence electrons. The smallest absolute Gasteiger partial charge is 0.224 e. The van der Waals surface area contributed by atoms with Gasteiger partial charge in [-0.05, 0) is 20.3 Å². The normalized spacial score (nSPS) is 22.8. The zero-order valence-corrected chi connectivity index (χ0v) is 10.7. The Morgan fingerprint density at radius 2 is 2.31 bits per heavy atom. The maximum atomic E-state index is 12.1. The van der Waals surface area contributed by atoms with E-state index in [2.05, 4.69) is 19.2 Å². The van der Waals surface area contributed by atoms with Gasteiger partial charge >= 0.3 is 0 Å². The molecule has 4 nitrogen and oxygen atoms in total. The molecule has 2 unspecified atom stereocenters. The Labute approximate surface area is 98.3 Å². The molecule has 1 aliphatic rings. The van der Waals surface area contributed by atoms with E-state index in [1.165, 1.54) is 0 Å². The average molecular weight is 228 g/mol. The van der Waals surface area contributed by atoms with Crippen molar-refractivity contribution in [3.8, 4) is 0 Å². The van der Waals surface area contributed by atoms with Gasteiger partial charge in [-0.15, -0.1) is 0 Å². The number of nitrogens with zero attached hydrogens (tertiary/aromatic N) is 1. The molecule has 0 aromatic carbocycles. The van der Waals surface area contributed by atoms with Gasteiger partial charge in [0.15, 0.2) is 0 Å². The molecule has 1 rings (SSSR count). The molecule has 1 fully saturated rings. The van der Waals surface area contributed by atoms with Crippen molar-refractivity contribution in [2.24, 2.45) is 0 Å². The van der Waals surface area contributed by atoms with Gasteiger partial charge in [-0.3, -0.25) is 4.79 Å². The fourth-order valence-corrected chi connectivity index (χ4v) is 2.03. The van der Waals surface area contributed by atoms with E-state index in [1.807, 2.05) is 11.8 Å². The number of morpholine rings is 1. The van der Waals surface area contributed by atoms with Gasteiger partial charge in [0.1, 0.15) is 0 Å². The maximum absolute atomic E-state index is 12.1. The molecule has 1 amide bonds. The molecule has 0 aliphatic carbocycles. The van der Waals surface area contributed by atoms with E-state index in [0.717, 1.165) is 26.1 Å². The molecule has 0 aromatic heterocycles. The molecule has 1 saturated heterocycles. The molecule has 16 heavy (non-hydrogen) atoms. The number of rotatable bonds is 5. The minimum atomic E-state index is 0.194. The summed E-state index contributed by atoms with van der Waals surface area (Å²) in [6.07, 6.45) is 1.56. The third kappa shape index (κ3) is 3.76. The van der Waals surface area contributed by atoms with Crippen LogP contribution in [0.2, 0.25) is 0 Å². The Hall–Kier alpha value is -0.610. The summed E-state index contributed by atoms with van der Waals surface area (Å²) in [6.45, 7) is 9.32. The molecule has 2 atom stereocenters. The van der Waals surface area contributed by atoms with Crippen LogP contribution in [0.25, 0.3) is 0 Å². The third-order valence-corrected chi connectivity index (χ3v) is 3.20. The monoisotopic (exact) mass is 228 g/mol. The number of ether oxygens (including phenoxy) is 1. The fourth-order valence-electron chi connectivity index (χ4n) is 2.03. The van der Waals surface area contributed by atoms with Crippen LogP contribution in [-0.2, 0) is 9.53 Å². The summed E-state index contributed by atoms with van der Waals surface area (Å²) in [5, 5.41) is 3.31. The number of hydrogen-bond donors (Lipinski definition) is 1. The highest BCUT2D eigenvalue weighted by atomic mass is 16.5. The van der Waals surface area contributed by atoms with Crippen LogP contribution in [0.15, 0.2) is 0 Å². The fraction of sp³-hybridized carbons (Fsp3) is 0.917. The molecule has 1 N–H and O–H groups in total. The molecular weight excluding hydrogens is 204 g/mol. The van der Waals surface area contributed by atoms with Gasteiger partial charge in [0, 0.05) is 31.6 Å². The van der Waals surface area contributed by atoms with Crippen molar-refractivity contribution in [2.45, 2.75) is 45.7 Å². The lowest BCUT2D eigenvalue weighted by molar-refractivity contribution is -0.134. The van der Waals surface area contributed by atoms with Gasteiger partial charge in [-0.25, -0.2) is 0 Å². The topological polar surface area (TPSA) is 41.6 Å². The van der Waals surface area contributed by atoms with E-state index in [-0.39, 0.29) is 11.9 Å². The van der Waals surface area contributed by atoms with Gasteiger partial charge in [0.05, 0.1) is 13.2 Å². The molecule has 1 aliphatic heterocycles. The van der Waals surface area contributed by atoms with Crippen molar-refractivity contribution in [1.29, 1.82) is 0 Å². The first-order valence-electron chi connectivity index (χ1n) is 6.29. The Morgan fingerprint density at radius 1 is 1.56 bits per heavy atom. The number of carbonyl (C=O) groups excluding carboxylic acids is 1. The van der Waals surface area contributed by atoms with Crippen LogP contribution in [0.3, 0.4) is 0 Å². The number of hydrogen-bond acceptors (Lipinski definition) is 3. The summed E-state index contributed by atoms with van der Waals surface area (Å²) in [7, 11) is 0. The van der Waals surface area contributed by atoms with Crippen molar-refractivity contribution in [3.05, 3.63) is 0 Å². The van der Waals surface area contributed by atoms with E-state index in [9.17, 15) is 4.79 Å². The summed E-state index contributed by atoms with van der Waals surface area (Å²) in [5.41, 5.74) is 0. The number of nitrogens with one attached hydrogen (secondary N) is 1. The number of carbonyl (C=O) groups is 1. The highest BCUT2D eigenvalue weighted by molar-refractivity contribution is 5.77. The second-order valence-electron chi connectivity index (χ2n) is 4.37. The van der Waals surface area contributed by atoms with E-state index in [4.69, 9.17) is 4.74 Å².